The Morgan fingerprint density at radius 3 is 2.31 bits per heavy atom. The van der Waals surface area contributed by atoms with Crippen molar-refractivity contribution in [2.24, 2.45) is 5.73 Å². The molecule has 1 heterocycles. The Labute approximate surface area is 287 Å². The zero-order valence-electron chi connectivity index (χ0n) is 28.5. The Balaban J connectivity index is 1.92. The summed E-state index contributed by atoms with van der Waals surface area (Å²) in [5, 5.41) is 15.6. The van der Waals surface area contributed by atoms with Gasteiger partial charge in [0.1, 0.15) is 24.3 Å². The maximum Gasteiger partial charge on any atom is 0.407 e. The summed E-state index contributed by atoms with van der Waals surface area (Å²) in [6.07, 6.45) is 0.888. The van der Waals surface area contributed by atoms with Crippen molar-refractivity contribution in [3.8, 4) is 0 Å². The molecule has 3 amide bonds. The van der Waals surface area contributed by atoms with Gasteiger partial charge in [0.2, 0.25) is 11.8 Å². The van der Waals surface area contributed by atoms with E-state index in [0.717, 1.165) is 23.8 Å². The van der Waals surface area contributed by atoms with E-state index in [1.54, 1.807) is 6.07 Å². The molecule has 11 nitrogen and oxygen atoms in total. The summed E-state index contributed by atoms with van der Waals surface area (Å²) >= 11 is 0. The van der Waals surface area contributed by atoms with Gasteiger partial charge in [0.15, 0.2) is 9.84 Å². The van der Waals surface area contributed by atoms with Crippen molar-refractivity contribution in [3.63, 3.8) is 0 Å². The van der Waals surface area contributed by atoms with E-state index in [1.165, 1.54) is 4.90 Å². The number of carbonyl (C=O) groups excluding carboxylic acids is 3. The topological polar surface area (TPSA) is 168 Å². The van der Waals surface area contributed by atoms with Gasteiger partial charge in [-0.1, -0.05) is 57.9 Å². The van der Waals surface area contributed by atoms with Crippen LogP contribution in [0.25, 0.3) is 0 Å². The highest BCUT2D eigenvalue weighted by molar-refractivity contribution is 7.92. The van der Waals surface area contributed by atoms with Gasteiger partial charge in [-0.3, -0.25) is 9.59 Å². The number of aryl methyl sites for hydroxylation is 1. The number of hydrogen-bond donors (Lipinski definition) is 4. The molecule has 49 heavy (non-hydrogen) atoms. The molecule has 5 N–H and O–H groups in total. The van der Waals surface area contributed by atoms with Crippen molar-refractivity contribution in [1.82, 2.24) is 15.5 Å². The Morgan fingerprint density at radius 1 is 1.06 bits per heavy atom. The molecule has 0 aromatic heterocycles. The van der Waals surface area contributed by atoms with Gasteiger partial charge >= 0.3 is 6.09 Å². The summed E-state index contributed by atoms with van der Waals surface area (Å²) in [7, 11) is -3.92. The minimum atomic E-state index is -3.92. The number of carbonyl (C=O) groups is 3. The third-order valence-electron chi connectivity index (χ3n) is 8.60. The van der Waals surface area contributed by atoms with Gasteiger partial charge in [-0.15, -0.1) is 0 Å². The second-order valence-corrected chi connectivity index (χ2v) is 15.1. The highest BCUT2D eigenvalue weighted by atomic mass is 32.2. The number of amides is 3. The maximum absolute atomic E-state index is 14.3. The lowest BCUT2D eigenvalue weighted by Gasteiger charge is -2.32. The first-order chi connectivity index (χ1) is 23.2. The number of nitrogens with two attached hydrogens (primary N) is 1. The lowest BCUT2D eigenvalue weighted by Crippen LogP contribution is -2.55. The second-order valence-electron chi connectivity index (χ2n) is 12.7. The Morgan fingerprint density at radius 2 is 1.71 bits per heavy atom. The summed E-state index contributed by atoms with van der Waals surface area (Å²) in [4.78, 5) is 40.2. The molecule has 1 aliphatic rings. The largest absolute Gasteiger partial charge is 0.447 e. The molecule has 2 aromatic carbocycles. The number of rotatable bonds is 19. The molecule has 0 spiro atoms. The first kappa shape index (κ1) is 39.8. The van der Waals surface area contributed by atoms with E-state index >= 15 is 0 Å². The van der Waals surface area contributed by atoms with Crippen LogP contribution in [0.3, 0.4) is 0 Å². The number of sulfone groups is 1. The first-order valence-electron chi connectivity index (χ1n) is 16.9. The predicted octanol–water partition coefficient (Wildman–Crippen LogP) is 3.54. The van der Waals surface area contributed by atoms with Gasteiger partial charge in [-0.2, -0.15) is 0 Å². The Bertz CT molecular complexity index is 1500. The van der Waals surface area contributed by atoms with Crippen LogP contribution in [0.2, 0.25) is 0 Å². The number of aliphatic hydroxyl groups excluding tert-OH is 1. The van der Waals surface area contributed by atoms with Crippen LogP contribution in [0.1, 0.15) is 76.0 Å². The number of halogens is 2. The fraction of sp³-hybridized carbons (Fsp3) is 0.571. The lowest BCUT2D eigenvalue weighted by molar-refractivity contribution is -0.135. The lowest BCUT2D eigenvalue weighted by atomic mass is 10.0. The van der Waals surface area contributed by atoms with Crippen molar-refractivity contribution in [3.05, 3.63) is 70.8 Å². The van der Waals surface area contributed by atoms with E-state index in [4.69, 9.17) is 10.5 Å². The van der Waals surface area contributed by atoms with Crippen LogP contribution in [-0.2, 0) is 43.5 Å². The van der Waals surface area contributed by atoms with Gasteiger partial charge in [0, 0.05) is 31.6 Å². The summed E-state index contributed by atoms with van der Waals surface area (Å²) in [6.45, 7) is 5.11. The molecular formula is C35H50F2N4O7S. The van der Waals surface area contributed by atoms with E-state index in [0.29, 0.717) is 44.1 Å². The number of aliphatic hydroxyl groups is 1. The molecule has 0 aliphatic carbocycles. The highest BCUT2D eigenvalue weighted by Gasteiger charge is 2.36. The zero-order valence-corrected chi connectivity index (χ0v) is 29.3. The SMILES string of the molecule is CCCC(CCC)S(=O)(=O)CC(NC(=O)OC[C@H]1CCC(=O)N1)C(=O)N(Cc1cccc(CC)c1)C[C@@H](O)[C@@H](N)Cc1cc(F)cc(F)c1. The van der Waals surface area contributed by atoms with Crippen molar-refractivity contribution >= 4 is 27.7 Å². The monoisotopic (exact) mass is 708 g/mol. The van der Waals surface area contributed by atoms with E-state index in [9.17, 15) is 36.7 Å². The number of nitrogens with zero attached hydrogens (tertiary/aromatic N) is 1. The molecule has 272 valence electrons. The quantitative estimate of drug-likeness (QED) is 0.172. The molecule has 1 saturated heterocycles. The van der Waals surface area contributed by atoms with Gasteiger partial charge in [0.25, 0.3) is 0 Å². The number of nitrogens with one attached hydrogen (secondary N) is 2. The fourth-order valence-corrected chi connectivity index (χ4v) is 8.12. The summed E-state index contributed by atoms with van der Waals surface area (Å²) in [6, 6.07) is 7.28. The molecule has 0 bridgehead atoms. The summed E-state index contributed by atoms with van der Waals surface area (Å²) in [5.74, 6) is -3.27. The Hall–Kier alpha value is -3.62. The third kappa shape index (κ3) is 12.6. The van der Waals surface area contributed by atoms with E-state index in [2.05, 4.69) is 10.6 Å². The zero-order chi connectivity index (χ0) is 36.1. The average Bonchev–Trinajstić information content (AvgIpc) is 3.47. The van der Waals surface area contributed by atoms with Crippen LogP contribution in [0.4, 0.5) is 13.6 Å². The number of alkyl carbamates (subject to hydrolysis) is 1. The normalized spacial score (nSPS) is 16.6. The van der Waals surface area contributed by atoms with Crippen molar-refractivity contribution in [1.29, 1.82) is 0 Å². The summed E-state index contributed by atoms with van der Waals surface area (Å²) < 4.78 is 60.4. The molecule has 1 unspecified atom stereocenters. The Kier molecular flexibility index (Phi) is 15.4. The van der Waals surface area contributed by atoms with Crippen molar-refractivity contribution in [2.45, 2.75) is 108 Å². The number of benzene rings is 2. The standard InChI is InChI=1S/C35H50F2N4O7S/c1-4-8-29(9-5-2)49(46,47)22-31(40-35(45)48-21-28-12-13-33(43)39-28)34(44)41(19-24-11-7-10-23(6-3)14-24)20-32(42)30(38)17-25-15-26(36)18-27(37)16-25/h7,10-11,14-16,18,28-32,42H,4-6,8-9,12-13,17,19-22,38H2,1-3H3,(H,39,43)(H,40,45)/t28-,30+,31?,32-/m1/s1. The molecular weight excluding hydrogens is 658 g/mol. The van der Waals surface area contributed by atoms with Crippen molar-refractivity contribution < 1.29 is 41.4 Å². The van der Waals surface area contributed by atoms with Gasteiger partial charge in [-0.05, 0) is 60.9 Å². The fourth-order valence-electron chi connectivity index (χ4n) is 5.97. The molecule has 0 saturated carbocycles. The third-order valence-corrected chi connectivity index (χ3v) is 10.9. The van der Waals surface area contributed by atoms with Gasteiger partial charge in [0.05, 0.1) is 23.1 Å². The van der Waals surface area contributed by atoms with Crippen LogP contribution >= 0.6 is 0 Å². The molecule has 2 aromatic rings. The molecule has 4 atom stereocenters. The molecule has 1 fully saturated rings. The average molecular weight is 709 g/mol. The molecule has 0 radical (unpaired) electrons. The maximum atomic E-state index is 14.3. The number of hydrogen-bond acceptors (Lipinski definition) is 8. The van der Waals surface area contributed by atoms with Crippen molar-refractivity contribution in [2.75, 3.05) is 18.9 Å². The van der Waals surface area contributed by atoms with Gasteiger partial charge in [-0.25, -0.2) is 22.0 Å². The van der Waals surface area contributed by atoms with E-state index in [1.807, 2.05) is 39.0 Å². The van der Waals surface area contributed by atoms with E-state index in [-0.39, 0.29) is 44.0 Å². The second kappa shape index (κ2) is 19.0. The van der Waals surface area contributed by atoms with E-state index < -0.39 is 68.7 Å². The van der Waals surface area contributed by atoms with Crippen LogP contribution < -0.4 is 16.4 Å². The predicted molar refractivity (Wildman–Crippen MR) is 182 cm³/mol. The number of ether oxygens (including phenoxy) is 1. The van der Waals surface area contributed by atoms with Gasteiger partial charge < -0.3 is 31.1 Å². The summed E-state index contributed by atoms with van der Waals surface area (Å²) in [5.41, 5.74) is 8.15. The minimum Gasteiger partial charge on any atom is -0.447 e. The first-order valence-corrected chi connectivity index (χ1v) is 18.6. The molecule has 1 aliphatic heterocycles. The van der Waals surface area contributed by atoms with Crippen LogP contribution in [0.5, 0.6) is 0 Å². The molecule has 3 rings (SSSR count). The molecule has 14 heteroatoms. The van der Waals surface area contributed by atoms with Crippen LogP contribution in [-0.4, -0.2) is 84.7 Å². The van der Waals surface area contributed by atoms with Crippen LogP contribution in [0.15, 0.2) is 42.5 Å². The highest BCUT2D eigenvalue weighted by Crippen LogP contribution is 2.19. The van der Waals surface area contributed by atoms with Crippen LogP contribution in [0, 0.1) is 11.6 Å². The minimum absolute atomic E-state index is 0.0558. The smallest absolute Gasteiger partial charge is 0.407 e.